The highest BCUT2D eigenvalue weighted by atomic mass is 79.9. The number of alkyl halides is 3. The number of rotatable bonds is 4. The average molecular weight is 511 g/mol. The van der Waals surface area contributed by atoms with E-state index in [9.17, 15) is 22.8 Å². The zero-order valence-corrected chi connectivity index (χ0v) is 18.0. The highest BCUT2D eigenvalue weighted by Crippen LogP contribution is 2.40. The molecule has 4 nitrogen and oxygen atoms in total. The molecule has 0 fully saturated rings. The Labute approximate surface area is 184 Å². The first kappa shape index (κ1) is 20.7. The SMILES string of the molecule is Nc1c(C(=O)c2ccc(Br)cc2)sc2nc(C(F)(F)F)c(C(=O)c3cccs3)cc12. The van der Waals surface area contributed by atoms with Crippen molar-refractivity contribution in [2.24, 2.45) is 0 Å². The zero-order chi connectivity index (χ0) is 21.6. The van der Waals surface area contributed by atoms with Gasteiger partial charge < -0.3 is 5.73 Å². The number of ketones is 2. The number of pyridine rings is 1. The Hall–Kier alpha value is -2.56. The van der Waals surface area contributed by atoms with Crippen LogP contribution >= 0.6 is 38.6 Å². The van der Waals surface area contributed by atoms with E-state index < -0.39 is 29.0 Å². The van der Waals surface area contributed by atoms with Gasteiger partial charge in [0.25, 0.3) is 0 Å². The van der Waals surface area contributed by atoms with Crippen LogP contribution in [0.25, 0.3) is 10.2 Å². The highest BCUT2D eigenvalue weighted by Gasteiger charge is 2.38. The average Bonchev–Trinajstić information content (AvgIpc) is 3.34. The lowest BCUT2D eigenvalue weighted by atomic mass is 10.0. The third-order valence-corrected chi connectivity index (χ3v) is 6.80. The van der Waals surface area contributed by atoms with Crippen LogP contribution in [0.15, 0.2) is 52.3 Å². The Morgan fingerprint density at radius 1 is 1.07 bits per heavy atom. The number of carbonyl (C=O) groups excluding carboxylic acids is 2. The summed E-state index contributed by atoms with van der Waals surface area (Å²) in [6.45, 7) is 0. The van der Waals surface area contributed by atoms with Gasteiger partial charge in [-0.25, -0.2) is 4.98 Å². The molecular formula is C20H10BrF3N2O2S2. The molecule has 0 saturated heterocycles. The summed E-state index contributed by atoms with van der Waals surface area (Å²) in [5, 5.41) is 1.74. The molecule has 0 saturated carbocycles. The van der Waals surface area contributed by atoms with Gasteiger partial charge in [0.1, 0.15) is 9.71 Å². The fourth-order valence-corrected chi connectivity index (χ4v) is 4.85. The van der Waals surface area contributed by atoms with Gasteiger partial charge >= 0.3 is 6.18 Å². The minimum absolute atomic E-state index is 0.00405. The van der Waals surface area contributed by atoms with Gasteiger partial charge in [0.15, 0.2) is 5.69 Å². The maximum absolute atomic E-state index is 13.6. The summed E-state index contributed by atoms with van der Waals surface area (Å²) in [6.07, 6.45) is -4.84. The summed E-state index contributed by atoms with van der Waals surface area (Å²) >= 11 is 5.08. The number of nitrogens with zero attached hydrogens (tertiary/aromatic N) is 1. The van der Waals surface area contributed by atoms with Gasteiger partial charge in [-0.05, 0) is 41.8 Å². The summed E-state index contributed by atoms with van der Waals surface area (Å²) in [5.74, 6) is -1.22. The lowest BCUT2D eigenvalue weighted by molar-refractivity contribution is -0.141. The summed E-state index contributed by atoms with van der Waals surface area (Å²) in [7, 11) is 0. The Morgan fingerprint density at radius 3 is 2.37 bits per heavy atom. The molecule has 30 heavy (non-hydrogen) atoms. The van der Waals surface area contributed by atoms with Crippen molar-refractivity contribution < 1.29 is 22.8 Å². The Bertz CT molecular complexity index is 1280. The van der Waals surface area contributed by atoms with E-state index >= 15 is 0 Å². The Balaban J connectivity index is 1.90. The van der Waals surface area contributed by atoms with Gasteiger partial charge in [0.2, 0.25) is 11.6 Å². The van der Waals surface area contributed by atoms with Gasteiger partial charge in [-0.1, -0.05) is 22.0 Å². The van der Waals surface area contributed by atoms with E-state index in [0.29, 0.717) is 5.56 Å². The number of thiophene rings is 2. The minimum Gasteiger partial charge on any atom is -0.397 e. The number of anilines is 1. The van der Waals surface area contributed by atoms with Crippen LogP contribution < -0.4 is 5.73 Å². The van der Waals surface area contributed by atoms with Crippen molar-refractivity contribution in [1.29, 1.82) is 0 Å². The second kappa shape index (κ2) is 7.60. The molecular weight excluding hydrogens is 501 g/mol. The fraction of sp³-hybridized carbons (Fsp3) is 0.0500. The number of aromatic nitrogens is 1. The molecule has 0 unspecified atom stereocenters. The number of fused-ring (bicyclic) bond motifs is 1. The van der Waals surface area contributed by atoms with Crippen LogP contribution in [0.3, 0.4) is 0 Å². The quantitative estimate of drug-likeness (QED) is 0.332. The minimum atomic E-state index is -4.84. The number of carbonyl (C=O) groups is 2. The number of nitrogens with two attached hydrogens (primary N) is 1. The molecule has 3 aromatic heterocycles. The molecule has 4 aromatic rings. The van der Waals surface area contributed by atoms with E-state index in [1.807, 2.05) is 0 Å². The second-order valence-electron chi connectivity index (χ2n) is 6.22. The molecule has 0 bridgehead atoms. The topological polar surface area (TPSA) is 73.1 Å². The smallest absolute Gasteiger partial charge is 0.397 e. The second-order valence-corrected chi connectivity index (χ2v) is 9.08. The standard InChI is InChI=1S/C20H10BrF3N2O2S2/c21-10-5-3-9(4-6-10)15(27)17-14(25)11-8-12(16(28)13-2-1-7-29-13)18(20(22,23)24)26-19(11)30-17/h1-8H,25H2. The van der Waals surface area contributed by atoms with Gasteiger partial charge in [0, 0.05) is 15.4 Å². The van der Waals surface area contributed by atoms with E-state index in [4.69, 9.17) is 5.73 Å². The molecule has 152 valence electrons. The van der Waals surface area contributed by atoms with Crippen molar-refractivity contribution in [3.8, 4) is 0 Å². The molecule has 0 spiro atoms. The van der Waals surface area contributed by atoms with E-state index in [2.05, 4.69) is 20.9 Å². The van der Waals surface area contributed by atoms with Crippen molar-refractivity contribution in [3.63, 3.8) is 0 Å². The van der Waals surface area contributed by atoms with Gasteiger partial charge in [-0.15, -0.1) is 22.7 Å². The number of hydrogen-bond donors (Lipinski definition) is 1. The first-order valence-corrected chi connectivity index (χ1v) is 10.8. The maximum Gasteiger partial charge on any atom is 0.434 e. The molecule has 0 aliphatic rings. The lowest BCUT2D eigenvalue weighted by Gasteiger charge is -2.11. The first-order chi connectivity index (χ1) is 14.2. The van der Waals surface area contributed by atoms with Gasteiger partial charge in [0.05, 0.1) is 16.1 Å². The van der Waals surface area contributed by atoms with Crippen molar-refractivity contribution in [3.05, 3.63) is 78.9 Å². The van der Waals surface area contributed by atoms with Gasteiger partial charge in [-0.2, -0.15) is 13.2 Å². The third-order valence-electron chi connectivity index (χ3n) is 4.29. The third kappa shape index (κ3) is 3.66. The Kier molecular flexibility index (Phi) is 5.25. The normalized spacial score (nSPS) is 11.7. The largest absolute Gasteiger partial charge is 0.434 e. The molecule has 0 aliphatic heterocycles. The van der Waals surface area contributed by atoms with Crippen LogP contribution in [0, 0.1) is 0 Å². The highest BCUT2D eigenvalue weighted by molar-refractivity contribution is 9.10. The van der Waals surface area contributed by atoms with E-state index in [1.165, 1.54) is 6.07 Å². The van der Waals surface area contributed by atoms with Crippen LogP contribution in [0.2, 0.25) is 0 Å². The number of halogens is 4. The Morgan fingerprint density at radius 2 is 1.77 bits per heavy atom. The van der Waals surface area contributed by atoms with Crippen molar-refractivity contribution in [2.75, 3.05) is 5.73 Å². The summed E-state index contributed by atoms with van der Waals surface area (Å²) < 4.78 is 41.7. The van der Waals surface area contributed by atoms with Crippen molar-refractivity contribution >= 4 is 66.1 Å². The molecule has 2 N–H and O–H groups in total. The summed E-state index contributed by atoms with van der Waals surface area (Å²) in [5.41, 5.74) is 4.56. The zero-order valence-electron chi connectivity index (χ0n) is 14.8. The number of hydrogen-bond acceptors (Lipinski definition) is 6. The first-order valence-electron chi connectivity index (χ1n) is 8.35. The molecule has 1 aromatic carbocycles. The number of benzene rings is 1. The summed E-state index contributed by atoms with van der Waals surface area (Å²) in [4.78, 5) is 29.4. The molecule has 3 heterocycles. The van der Waals surface area contributed by atoms with Crippen LogP contribution in [-0.4, -0.2) is 16.6 Å². The van der Waals surface area contributed by atoms with Gasteiger partial charge in [-0.3, -0.25) is 9.59 Å². The van der Waals surface area contributed by atoms with Crippen molar-refractivity contribution in [2.45, 2.75) is 6.18 Å². The molecule has 4 rings (SSSR count). The van der Waals surface area contributed by atoms with Crippen LogP contribution in [-0.2, 0) is 6.18 Å². The van der Waals surface area contributed by atoms with E-state index in [-0.39, 0.29) is 25.7 Å². The predicted octanol–water partition coefficient (Wildman–Crippen LogP) is 6.18. The molecule has 0 amide bonds. The molecule has 0 radical (unpaired) electrons. The predicted molar refractivity (Wildman–Crippen MR) is 114 cm³/mol. The lowest BCUT2D eigenvalue weighted by Crippen LogP contribution is -2.15. The van der Waals surface area contributed by atoms with E-state index in [1.54, 1.807) is 35.7 Å². The van der Waals surface area contributed by atoms with Crippen LogP contribution in [0.4, 0.5) is 18.9 Å². The van der Waals surface area contributed by atoms with E-state index in [0.717, 1.165) is 33.2 Å². The van der Waals surface area contributed by atoms with Crippen LogP contribution in [0.5, 0.6) is 0 Å². The molecule has 0 atom stereocenters. The van der Waals surface area contributed by atoms with Crippen molar-refractivity contribution in [1.82, 2.24) is 4.98 Å². The monoisotopic (exact) mass is 510 g/mol. The molecule has 10 heteroatoms. The summed E-state index contributed by atoms with van der Waals surface area (Å²) in [6, 6.07) is 10.6. The van der Waals surface area contributed by atoms with Crippen LogP contribution in [0.1, 0.15) is 36.2 Å². The maximum atomic E-state index is 13.6. The fourth-order valence-electron chi connectivity index (χ4n) is 2.87. The molecule has 0 aliphatic carbocycles. The number of nitrogen functional groups attached to an aromatic ring is 1.